The number of rotatable bonds is 4. The van der Waals surface area contributed by atoms with Crippen LogP contribution in [0.15, 0.2) is 29.1 Å². The van der Waals surface area contributed by atoms with Gasteiger partial charge in [0.15, 0.2) is 5.82 Å². The van der Waals surface area contributed by atoms with E-state index < -0.39 is 0 Å². The quantitative estimate of drug-likeness (QED) is 0.681. The summed E-state index contributed by atoms with van der Waals surface area (Å²) in [6.07, 6.45) is 7.13. The first-order valence-electron chi connectivity index (χ1n) is 12.1. The van der Waals surface area contributed by atoms with Gasteiger partial charge in [0, 0.05) is 36.8 Å². The van der Waals surface area contributed by atoms with Crippen molar-refractivity contribution in [1.29, 1.82) is 0 Å². The molecule has 2 aliphatic heterocycles. The molecule has 2 atom stereocenters. The number of piperazine rings is 1. The molecular formula is C24H31N7O. The Hall–Kier alpha value is -2.58. The highest BCUT2D eigenvalue weighted by Crippen LogP contribution is 2.35. The van der Waals surface area contributed by atoms with E-state index >= 15 is 0 Å². The summed E-state index contributed by atoms with van der Waals surface area (Å²) in [5, 5.41) is 14.1. The summed E-state index contributed by atoms with van der Waals surface area (Å²) >= 11 is 0. The Kier molecular flexibility index (Phi) is 5.07. The van der Waals surface area contributed by atoms with Crippen LogP contribution in [0.4, 0.5) is 0 Å². The molecule has 3 aliphatic rings. The number of hydrogen-bond acceptors (Lipinski definition) is 6. The number of aryl methyl sites for hydroxylation is 1. The summed E-state index contributed by atoms with van der Waals surface area (Å²) in [5.41, 5.74) is 2.77. The van der Waals surface area contributed by atoms with Crippen molar-refractivity contribution in [2.75, 3.05) is 26.2 Å². The Morgan fingerprint density at radius 2 is 1.88 bits per heavy atom. The number of H-pyrrole nitrogens is 1. The number of aromatic amines is 1. The molecular weight excluding hydrogens is 402 g/mol. The van der Waals surface area contributed by atoms with Crippen molar-refractivity contribution < 1.29 is 0 Å². The van der Waals surface area contributed by atoms with Crippen molar-refractivity contribution in [2.24, 2.45) is 0 Å². The molecule has 1 N–H and O–H groups in total. The SMILES string of the molecule is Cc1ccc2[nH]c(=O)c(C(c3nnnn3C3CCCC3)N3CCN4CCCC4C3)cc2c1. The zero-order valence-corrected chi connectivity index (χ0v) is 18.7. The van der Waals surface area contributed by atoms with Gasteiger partial charge < -0.3 is 4.98 Å². The minimum absolute atomic E-state index is 0.0406. The number of pyridine rings is 1. The van der Waals surface area contributed by atoms with Crippen LogP contribution in [-0.4, -0.2) is 67.2 Å². The highest BCUT2D eigenvalue weighted by molar-refractivity contribution is 5.79. The second-order valence-electron chi connectivity index (χ2n) is 9.79. The third-order valence-electron chi connectivity index (χ3n) is 7.74. The fraction of sp³-hybridized carbons (Fsp3) is 0.583. The van der Waals surface area contributed by atoms with Gasteiger partial charge in [-0.3, -0.25) is 14.6 Å². The first-order valence-corrected chi connectivity index (χ1v) is 12.1. The normalized spacial score (nSPS) is 23.7. The predicted octanol–water partition coefficient (Wildman–Crippen LogP) is 2.81. The third kappa shape index (κ3) is 3.46. The van der Waals surface area contributed by atoms with Crippen LogP contribution in [0, 0.1) is 6.92 Å². The minimum Gasteiger partial charge on any atom is -0.322 e. The minimum atomic E-state index is -0.234. The summed E-state index contributed by atoms with van der Waals surface area (Å²) in [6, 6.07) is 8.89. The van der Waals surface area contributed by atoms with Crippen LogP contribution in [0.1, 0.15) is 67.6 Å². The molecule has 0 bridgehead atoms. The zero-order chi connectivity index (χ0) is 21.7. The van der Waals surface area contributed by atoms with Crippen LogP contribution in [0.3, 0.4) is 0 Å². The topological polar surface area (TPSA) is 82.9 Å². The van der Waals surface area contributed by atoms with E-state index in [0.717, 1.165) is 54.8 Å². The van der Waals surface area contributed by atoms with E-state index in [1.54, 1.807) is 0 Å². The van der Waals surface area contributed by atoms with Gasteiger partial charge >= 0.3 is 0 Å². The monoisotopic (exact) mass is 433 g/mol. The molecule has 8 nitrogen and oxygen atoms in total. The van der Waals surface area contributed by atoms with Gasteiger partial charge in [-0.2, -0.15) is 0 Å². The highest BCUT2D eigenvalue weighted by Gasteiger charge is 2.38. The van der Waals surface area contributed by atoms with Gasteiger partial charge in [0.25, 0.3) is 5.56 Å². The molecule has 0 radical (unpaired) electrons. The van der Waals surface area contributed by atoms with E-state index in [9.17, 15) is 4.79 Å². The maximum Gasteiger partial charge on any atom is 0.253 e. The summed E-state index contributed by atoms with van der Waals surface area (Å²) in [5.74, 6) is 0.820. The first-order chi connectivity index (χ1) is 15.7. The first kappa shape index (κ1) is 20.1. The molecule has 32 heavy (non-hydrogen) atoms. The number of nitrogens with zero attached hydrogens (tertiary/aromatic N) is 6. The lowest BCUT2D eigenvalue weighted by molar-refractivity contribution is 0.0783. The maximum absolute atomic E-state index is 13.4. The molecule has 1 aliphatic carbocycles. The van der Waals surface area contributed by atoms with Crippen molar-refractivity contribution in [3.05, 3.63) is 51.6 Å². The van der Waals surface area contributed by atoms with Crippen molar-refractivity contribution in [1.82, 2.24) is 35.0 Å². The van der Waals surface area contributed by atoms with E-state index in [0.29, 0.717) is 12.1 Å². The lowest BCUT2D eigenvalue weighted by atomic mass is 10.00. The maximum atomic E-state index is 13.4. The summed E-state index contributed by atoms with van der Waals surface area (Å²) in [6.45, 7) is 6.19. The van der Waals surface area contributed by atoms with Gasteiger partial charge in [-0.1, -0.05) is 24.5 Å². The Balaban J connectivity index is 1.47. The van der Waals surface area contributed by atoms with Crippen molar-refractivity contribution in [3.8, 4) is 0 Å². The van der Waals surface area contributed by atoms with Gasteiger partial charge in [-0.15, -0.1) is 5.10 Å². The average Bonchev–Trinajstić information content (AvgIpc) is 3.55. The molecule has 0 spiro atoms. The van der Waals surface area contributed by atoms with E-state index in [2.05, 4.69) is 49.4 Å². The number of nitrogens with one attached hydrogen (secondary N) is 1. The molecule has 0 amide bonds. The lowest BCUT2D eigenvalue weighted by Crippen LogP contribution is -2.52. The molecule has 3 aromatic rings. The second kappa shape index (κ2) is 8.08. The Labute approximate surface area is 187 Å². The van der Waals surface area contributed by atoms with Crippen LogP contribution in [0.2, 0.25) is 0 Å². The number of benzene rings is 1. The fourth-order valence-electron chi connectivity index (χ4n) is 6.08. The van der Waals surface area contributed by atoms with Gasteiger partial charge in [0.2, 0.25) is 0 Å². The Morgan fingerprint density at radius 3 is 2.75 bits per heavy atom. The van der Waals surface area contributed by atoms with Gasteiger partial charge in [0.05, 0.1) is 6.04 Å². The van der Waals surface area contributed by atoms with Crippen molar-refractivity contribution in [2.45, 2.75) is 63.6 Å². The molecule has 1 aromatic carbocycles. The lowest BCUT2D eigenvalue weighted by Gasteiger charge is -2.41. The summed E-state index contributed by atoms with van der Waals surface area (Å²) < 4.78 is 2.03. The van der Waals surface area contributed by atoms with Gasteiger partial charge in [0.1, 0.15) is 6.04 Å². The molecule has 2 aromatic heterocycles. The molecule has 168 valence electrons. The van der Waals surface area contributed by atoms with Gasteiger partial charge in [-0.25, -0.2) is 4.68 Å². The van der Waals surface area contributed by atoms with Crippen molar-refractivity contribution >= 4 is 10.9 Å². The van der Waals surface area contributed by atoms with E-state index in [-0.39, 0.29) is 11.6 Å². The molecule has 1 saturated carbocycles. The number of aromatic nitrogens is 5. The number of hydrogen-bond donors (Lipinski definition) is 1. The Bertz CT molecular complexity index is 1180. The fourth-order valence-corrected chi connectivity index (χ4v) is 6.08. The third-order valence-corrected chi connectivity index (χ3v) is 7.74. The Morgan fingerprint density at radius 1 is 1.03 bits per heavy atom. The predicted molar refractivity (Wildman–Crippen MR) is 123 cm³/mol. The second-order valence-corrected chi connectivity index (χ2v) is 9.79. The molecule has 2 saturated heterocycles. The highest BCUT2D eigenvalue weighted by atomic mass is 16.1. The standard InChI is InChI=1S/C24H31N7O/c1-16-8-9-21-17(13-16)14-20(24(32)25-21)22(30-12-11-29-10-4-7-19(29)15-30)23-26-27-28-31(23)18-5-2-3-6-18/h8-9,13-14,18-19,22H,2-7,10-12,15H2,1H3,(H,25,32). The van der Waals surface area contributed by atoms with Crippen LogP contribution in [0.5, 0.6) is 0 Å². The molecule has 6 rings (SSSR count). The van der Waals surface area contributed by atoms with Gasteiger partial charge in [-0.05, 0) is 73.2 Å². The molecule has 3 fully saturated rings. The largest absolute Gasteiger partial charge is 0.322 e. The van der Waals surface area contributed by atoms with Crippen LogP contribution < -0.4 is 5.56 Å². The zero-order valence-electron chi connectivity index (χ0n) is 18.7. The van der Waals surface area contributed by atoms with E-state index in [1.807, 2.05) is 16.8 Å². The number of tetrazole rings is 1. The molecule has 2 unspecified atom stereocenters. The van der Waals surface area contributed by atoms with Crippen LogP contribution in [-0.2, 0) is 0 Å². The summed E-state index contributed by atoms with van der Waals surface area (Å²) in [7, 11) is 0. The molecule has 8 heteroatoms. The molecule has 4 heterocycles. The van der Waals surface area contributed by atoms with Crippen LogP contribution in [0.25, 0.3) is 10.9 Å². The average molecular weight is 434 g/mol. The smallest absolute Gasteiger partial charge is 0.253 e. The summed E-state index contributed by atoms with van der Waals surface area (Å²) in [4.78, 5) is 21.6. The van der Waals surface area contributed by atoms with E-state index in [1.165, 1.54) is 37.8 Å². The van der Waals surface area contributed by atoms with Crippen LogP contribution >= 0.6 is 0 Å². The number of fused-ring (bicyclic) bond motifs is 2. The van der Waals surface area contributed by atoms with E-state index in [4.69, 9.17) is 0 Å². The van der Waals surface area contributed by atoms with Crippen molar-refractivity contribution in [3.63, 3.8) is 0 Å².